The van der Waals surface area contributed by atoms with Crippen molar-refractivity contribution in [2.45, 2.75) is 32.4 Å². The van der Waals surface area contributed by atoms with E-state index in [-0.39, 0.29) is 12.1 Å². The van der Waals surface area contributed by atoms with Gasteiger partial charge in [0.05, 0.1) is 12.7 Å². The van der Waals surface area contributed by atoms with Gasteiger partial charge in [0, 0.05) is 25.2 Å². The van der Waals surface area contributed by atoms with Crippen molar-refractivity contribution in [2.24, 2.45) is 11.7 Å². The maximum absolute atomic E-state index is 6.00. The van der Waals surface area contributed by atoms with Gasteiger partial charge in [-0.25, -0.2) is 0 Å². The van der Waals surface area contributed by atoms with Crippen LogP contribution in [0, 0.1) is 5.92 Å². The van der Waals surface area contributed by atoms with Gasteiger partial charge in [-0.1, -0.05) is 0 Å². The van der Waals surface area contributed by atoms with Gasteiger partial charge in [-0.2, -0.15) is 0 Å². The van der Waals surface area contributed by atoms with Gasteiger partial charge in [-0.15, -0.1) is 0 Å². The Morgan fingerprint density at radius 2 is 2.42 bits per heavy atom. The minimum Gasteiger partial charge on any atom is -0.381 e. The quantitative estimate of drug-likeness (QED) is 0.683. The van der Waals surface area contributed by atoms with Crippen LogP contribution >= 0.6 is 0 Å². The highest BCUT2D eigenvalue weighted by molar-refractivity contribution is 4.80. The van der Waals surface area contributed by atoms with E-state index in [1.54, 1.807) is 0 Å². The normalized spacial score (nSPS) is 28.8. The van der Waals surface area contributed by atoms with E-state index < -0.39 is 0 Å². The smallest absolute Gasteiger partial charge is 0.0701 e. The molecule has 0 aromatic heterocycles. The lowest BCUT2D eigenvalue weighted by Gasteiger charge is -2.24. The third-order valence-electron chi connectivity index (χ3n) is 2.48. The standard InChI is InChI=1S/C9H19NO2/c1-3-12-7(2)9(10)8-4-5-11-6-8/h7-9H,3-6,10H2,1-2H3. The van der Waals surface area contributed by atoms with Gasteiger partial charge in [0.25, 0.3) is 0 Å². The molecule has 1 heterocycles. The van der Waals surface area contributed by atoms with E-state index in [2.05, 4.69) is 0 Å². The van der Waals surface area contributed by atoms with Gasteiger partial charge < -0.3 is 15.2 Å². The van der Waals surface area contributed by atoms with Crippen molar-refractivity contribution in [3.63, 3.8) is 0 Å². The van der Waals surface area contributed by atoms with Crippen LogP contribution in [0.25, 0.3) is 0 Å². The Morgan fingerprint density at radius 1 is 1.67 bits per heavy atom. The first-order valence-corrected chi connectivity index (χ1v) is 4.70. The Labute approximate surface area is 74.2 Å². The van der Waals surface area contributed by atoms with Crippen molar-refractivity contribution in [1.82, 2.24) is 0 Å². The molecule has 72 valence electrons. The molecular weight excluding hydrogens is 154 g/mol. The van der Waals surface area contributed by atoms with Crippen molar-refractivity contribution >= 4 is 0 Å². The molecule has 3 heteroatoms. The molecule has 0 spiro atoms. The molecule has 3 atom stereocenters. The van der Waals surface area contributed by atoms with Crippen LogP contribution in [0.2, 0.25) is 0 Å². The highest BCUT2D eigenvalue weighted by Crippen LogP contribution is 2.18. The lowest BCUT2D eigenvalue weighted by atomic mass is 9.96. The molecule has 1 fully saturated rings. The van der Waals surface area contributed by atoms with Gasteiger partial charge >= 0.3 is 0 Å². The van der Waals surface area contributed by atoms with E-state index in [4.69, 9.17) is 15.2 Å². The van der Waals surface area contributed by atoms with Gasteiger partial charge in [0.2, 0.25) is 0 Å². The molecule has 0 aromatic rings. The summed E-state index contributed by atoms with van der Waals surface area (Å²) in [5.74, 6) is 0.492. The number of nitrogens with two attached hydrogens (primary N) is 1. The molecule has 0 bridgehead atoms. The number of hydrogen-bond donors (Lipinski definition) is 1. The number of hydrogen-bond acceptors (Lipinski definition) is 3. The Kier molecular flexibility index (Phi) is 3.98. The maximum Gasteiger partial charge on any atom is 0.0701 e. The second-order valence-electron chi connectivity index (χ2n) is 3.36. The van der Waals surface area contributed by atoms with Crippen molar-refractivity contribution in [2.75, 3.05) is 19.8 Å². The summed E-state index contributed by atoms with van der Waals surface area (Å²) in [4.78, 5) is 0. The maximum atomic E-state index is 6.00. The highest BCUT2D eigenvalue weighted by atomic mass is 16.5. The van der Waals surface area contributed by atoms with Gasteiger partial charge in [0.15, 0.2) is 0 Å². The molecule has 3 nitrogen and oxygen atoms in total. The van der Waals surface area contributed by atoms with Crippen molar-refractivity contribution in [1.29, 1.82) is 0 Å². The van der Waals surface area contributed by atoms with Gasteiger partial charge in [0.1, 0.15) is 0 Å². The van der Waals surface area contributed by atoms with E-state index >= 15 is 0 Å². The SMILES string of the molecule is CCOC(C)C(N)C1CCOC1. The summed E-state index contributed by atoms with van der Waals surface area (Å²) in [5, 5.41) is 0. The van der Waals surface area contributed by atoms with Crippen LogP contribution in [-0.4, -0.2) is 32.0 Å². The zero-order valence-electron chi connectivity index (χ0n) is 7.95. The van der Waals surface area contributed by atoms with Crippen molar-refractivity contribution in [3.05, 3.63) is 0 Å². The minimum absolute atomic E-state index is 0.132. The first kappa shape index (κ1) is 9.96. The molecule has 0 aromatic carbocycles. The van der Waals surface area contributed by atoms with Gasteiger partial charge in [-0.05, 0) is 20.3 Å². The fourth-order valence-electron chi connectivity index (χ4n) is 1.61. The fraction of sp³-hybridized carbons (Fsp3) is 1.00. The summed E-state index contributed by atoms with van der Waals surface area (Å²) in [5.41, 5.74) is 6.00. The average molecular weight is 173 g/mol. The Balaban J connectivity index is 2.29. The second kappa shape index (κ2) is 4.80. The molecule has 12 heavy (non-hydrogen) atoms. The summed E-state index contributed by atoms with van der Waals surface area (Å²) in [6, 6.07) is 0.132. The molecule has 0 radical (unpaired) electrons. The topological polar surface area (TPSA) is 44.5 Å². The first-order valence-electron chi connectivity index (χ1n) is 4.70. The Bertz CT molecular complexity index is 124. The number of ether oxygens (including phenoxy) is 2. The fourth-order valence-corrected chi connectivity index (χ4v) is 1.61. The predicted molar refractivity (Wildman–Crippen MR) is 48.0 cm³/mol. The largest absolute Gasteiger partial charge is 0.381 e. The Hall–Kier alpha value is -0.120. The summed E-state index contributed by atoms with van der Waals surface area (Å²) < 4.78 is 10.7. The van der Waals surface area contributed by atoms with Crippen molar-refractivity contribution < 1.29 is 9.47 Å². The average Bonchev–Trinajstić information content (AvgIpc) is 2.55. The number of rotatable bonds is 4. The minimum atomic E-state index is 0.132. The summed E-state index contributed by atoms with van der Waals surface area (Å²) >= 11 is 0. The molecule has 1 aliphatic heterocycles. The predicted octanol–water partition coefficient (Wildman–Crippen LogP) is 0.775. The van der Waals surface area contributed by atoms with E-state index in [0.29, 0.717) is 5.92 Å². The summed E-state index contributed by atoms with van der Waals surface area (Å²) in [7, 11) is 0. The van der Waals surface area contributed by atoms with Crippen LogP contribution in [-0.2, 0) is 9.47 Å². The van der Waals surface area contributed by atoms with E-state index in [9.17, 15) is 0 Å². The molecule has 3 unspecified atom stereocenters. The molecule has 2 N–H and O–H groups in total. The molecular formula is C9H19NO2. The molecule has 0 aliphatic carbocycles. The molecule has 0 amide bonds. The zero-order chi connectivity index (χ0) is 8.97. The first-order chi connectivity index (χ1) is 5.75. The lowest BCUT2D eigenvalue weighted by Crippen LogP contribution is -2.41. The monoisotopic (exact) mass is 173 g/mol. The molecule has 1 saturated heterocycles. The van der Waals surface area contributed by atoms with Crippen LogP contribution in [0.5, 0.6) is 0 Å². The van der Waals surface area contributed by atoms with E-state index in [0.717, 1.165) is 26.2 Å². The van der Waals surface area contributed by atoms with Crippen LogP contribution in [0.15, 0.2) is 0 Å². The lowest BCUT2D eigenvalue weighted by molar-refractivity contribution is 0.0397. The third-order valence-corrected chi connectivity index (χ3v) is 2.48. The van der Waals surface area contributed by atoms with E-state index in [1.807, 2.05) is 13.8 Å². The van der Waals surface area contributed by atoms with E-state index in [1.165, 1.54) is 0 Å². The van der Waals surface area contributed by atoms with Crippen LogP contribution in [0.4, 0.5) is 0 Å². The van der Waals surface area contributed by atoms with Crippen LogP contribution < -0.4 is 5.73 Å². The molecule has 1 rings (SSSR count). The van der Waals surface area contributed by atoms with Crippen LogP contribution in [0.3, 0.4) is 0 Å². The summed E-state index contributed by atoms with van der Waals surface area (Å²) in [6.07, 6.45) is 1.24. The molecule has 1 aliphatic rings. The Morgan fingerprint density at radius 3 is 2.92 bits per heavy atom. The van der Waals surface area contributed by atoms with Crippen molar-refractivity contribution in [3.8, 4) is 0 Å². The molecule has 0 saturated carbocycles. The summed E-state index contributed by atoms with van der Waals surface area (Å²) in [6.45, 7) is 6.43. The van der Waals surface area contributed by atoms with Gasteiger partial charge in [-0.3, -0.25) is 0 Å². The second-order valence-corrected chi connectivity index (χ2v) is 3.36. The highest BCUT2D eigenvalue weighted by Gasteiger charge is 2.26. The zero-order valence-corrected chi connectivity index (χ0v) is 7.95. The van der Waals surface area contributed by atoms with Crippen LogP contribution in [0.1, 0.15) is 20.3 Å². The third kappa shape index (κ3) is 2.44.